The Kier molecular flexibility index (Phi) is 5.16. The Labute approximate surface area is 102 Å². The second kappa shape index (κ2) is 6.40. The van der Waals surface area contributed by atoms with E-state index < -0.39 is 10.0 Å². The van der Waals surface area contributed by atoms with E-state index in [4.69, 9.17) is 5.73 Å². The van der Waals surface area contributed by atoms with Gasteiger partial charge in [-0.1, -0.05) is 24.0 Å². The predicted octanol–water partition coefficient (Wildman–Crippen LogP) is 0.436. The maximum atomic E-state index is 11.3. The molecule has 0 fully saturated rings. The number of nitrogens with one attached hydrogen (secondary N) is 1. The van der Waals surface area contributed by atoms with Crippen molar-refractivity contribution in [2.24, 2.45) is 5.73 Å². The molecule has 1 aromatic carbocycles. The van der Waals surface area contributed by atoms with E-state index in [1.165, 1.54) is 0 Å². The summed E-state index contributed by atoms with van der Waals surface area (Å²) >= 11 is 0. The lowest BCUT2D eigenvalue weighted by Crippen LogP contribution is -2.24. The van der Waals surface area contributed by atoms with Crippen LogP contribution in [-0.2, 0) is 16.6 Å². The standard InChI is InChI=1S/C12H16N2O2S/c1-2-17(15,16)14-10-12-6-3-5-11(9-12)7-4-8-13/h3,5-6,9,14H,2,8,10,13H2,1H3. The Hall–Kier alpha value is -1.35. The molecule has 0 saturated heterocycles. The first-order valence-corrected chi connectivity index (χ1v) is 6.98. The zero-order valence-electron chi connectivity index (χ0n) is 9.73. The molecule has 0 heterocycles. The SMILES string of the molecule is CCS(=O)(=O)NCc1cccc(C#CCN)c1. The molecular weight excluding hydrogens is 236 g/mol. The Balaban J connectivity index is 2.73. The minimum absolute atomic E-state index is 0.0830. The quantitative estimate of drug-likeness (QED) is 0.764. The van der Waals surface area contributed by atoms with Crippen molar-refractivity contribution >= 4 is 10.0 Å². The third kappa shape index (κ3) is 5.00. The van der Waals surface area contributed by atoms with Gasteiger partial charge in [0.2, 0.25) is 10.0 Å². The zero-order chi connectivity index (χ0) is 12.7. The third-order valence-electron chi connectivity index (χ3n) is 2.14. The molecule has 0 aromatic heterocycles. The highest BCUT2D eigenvalue weighted by atomic mass is 32.2. The lowest BCUT2D eigenvalue weighted by molar-refractivity contribution is 0.582. The number of hydrogen-bond donors (Lipinski definition) is 2. The first-order chi connectivity index (χ1) is 8.07. The van der Waals surface area contributed by atoms with Crippen LogP contribution in [0.2, 0.25) is 0 Å². The summed E-state index contributed by atoms with van der Waals surface area (Å²) in [6.07, 6.45) is 0. The minimum atomic E-state index is -3.15. The predicted molar refractivity (Wildman–Crippen MR) is 68.7 cm³/mol. The molecule has 1 aromatic rings. The molecule has 0 amide bonds. The molecule has 4 nitrogen and oxygen atoms in total. The van der Waals surface area contributed by atoms with Crippen molar-refractivity contribution < 1.29 is 8.42 Å². The lowest BCUT2D eigenvalue weighted by Gasteiger charge is -2.04. The fraction of sp³-hybridized carbons (Fsp3) is 0.333. The van der Waals surface area contributed by atoms with E-state index in [1.54, 1.807) is 6.92 Å². The van der Waals surface area contributed by atoms with Gasteiger partial charge in [-0.3, -0.25) is 0 Å². The Bertz CT molecular complexity index is 527. The molecule has 0 unspecified atom stereocenters. The average molecular weight is 252 g/mol. The minimum Gasteiger partial charge on any atom is -0.320 e. The van der Waals surface area contributed by atoms with Crippen LogP contribution >= 0.6 is 0 Å². The van der Waals surface area contributed by atoms with Gasteiger partial charge in [0.05, 0.1) is 12.3 Å². The van der Waals surface area contributed by atoms with E-state index in [9.17, 15) is 8.42 Å². The van der Waals surface area contributed by atoms with Crippen molar-refractivity contribution in [3.63, 3.8) is 0 Å². The van der Waals surface area contributed by atoms with Gasteiger partial charge in [-0.05, 0) is 24.6 Å². The molecule has 0 aliphatic heterocycles. The summed E-state index contributed by atoms with van der Waals surface area (Å²) < 4.78 is 25.1. The summed E-state index contributed by atoms with van der Waals surface area (Å²) in [7, 11) is -3.15. The molecule has 1 rings (SSSR count). The van der Waals surface area contributed by atoms with Crippen LogP contribution in [0, 0.1) is 11.8 Å². The normalized spacial score (nSPS) is 10.7. The second-order valence-corrected chi connectivity index (χ2v) is 5.53. The Morgan fingerprint density at radius 3 is 2.82 bits per heavy atom. The fourth-order valence-electron chi connectivity index (χ4n) is 1.21. The van der Waals surface area contributed by atoms with Gasteiger partial charge in [-0.25, -0.2) is 13.1 Å². The number of benzene rings is 1. The monoisotopic (exact) mass is 252 g/mol. The van der Waals surface area contributed by atoms with Gasteiger partial charge in [0.1, 0.15) is 0 Å². The molecule has 17 heavy (non-hydrogen) atoms. The molecule has 0 atom stereocenters. The van der Waals surface area contributed by atoms with E-state index in [2.05, 4.69) is 16.6 Å². The summed E-state index contributed by atoms with van der Waals surface area (Å²) in [5, 5.41) is 0. The van der Waals surface area contributed by atoms with Crippen molar-refractivity contribution in [1.29, 1.82) is 0 Å². The number of hydrogen-bond acceptors (Lipinski definition) is 3. The van der Waals surface area contributed by atoms with Gasteiger partial charge in [-0.15, -0.1) is 0 Å². The van der Waals surface area contributed by atoms with E-state index >= 15 is 0 Å². The maximum Gasteiger partial charge on any atom is 0.211 e. The second-order valence-electron chi connectivity index (χ2n) is 3.43. The highest BCUT2D eigenvalue weighted by Crippen LogP contribution is 2.04. The highest BCUT2D eigenvalue weighted by Gasteiger charge is 2.05. The molecule has 0 spiro atoms. The van der Waals surface area contributed by atoms with Gasteiger partial charge in [0, 0.05) is 12.1 Å². The topological polar surface area (TPSA) is 72.2 Å². The molecule has 0 saturated carbocycles. The van der Waals surface area contributed by atoms with Crippen LogP contribution in [0.25, 0.3) is 0 Å². The molecule has 0 aliphatic rings. The summed E-state index contributed by atoms with van der Waals surface area (Å²) in [6, 6.07) is 7.41. The Morgan fingerprint density at radius 1 is 1.41 bits per heavy atom. The lowest BCUT2D eigenvalue weighted by atomic mass is 10.1. The van der Waals surface area contributed by atoms with E-state index in [1.807, 2.05) is 24.3 Å². The van der Waals surface area contributed by atoms with Gasteiger partial charge in [-0.2, -0.15) is 0 Å². The highest BCUT2D eigenvalue weighted by molar-refractivity contribution is 7.89. The molecule has 0 bridgehead atoms. The fourth-order valence-corrected chi connectivity index (χ4v) is 1.80. The zero-order valence-corrected chi connectivity index (χ0v) is 10.5. The van der Waals surface area contributed by atoms with Crippen molar-refractivity contribution in [2.45, 2.75) is 13.5 Å². The first kappa shape index (κ1) is 13.7. The van der Waals surface area contributed by atoms with Crippen LogP contribution in [0.15, 0.2) is 24.3 Å². The van der Waals surface area contributed by atoms with Gasteiger partial charge < -0.3 is 5.73 Å². The maximum absolute atomic E-state index is 11.3. The largest absolute Gasteiger partial charge is 0.320 e. The third-order valence-corrected chi connectivity index (χ3v) is 3.48. The summed E-state index contributed by atoms with van der Waals surface area (Å²) in [5.41, 5.74) is 7.00. The van der Waals surface area contributed by atoms with Crippen LogP contribution < -0.4 is 10.5 Å². The summed E-state index contributed by atoms with van der Waals surface area (Å²) in [5.74, 6) is 5.74. The molecule has 5 heteroatoms. The number of sulfonamides is 1. The molecule has 0 radical (unpaired) electrons. The summed E-state index contributed by atoms with van der Waals surface area (Å²) in [6.45, 7) is 2.20. The van der Waals surface area contributed by atoms with Crippen molar-refractivity contribution in [1.82, 2.24) is 4.72 Å². The average Bonchev–Trinajstić information content (AvgIpc) is 2.35. The van der Waals surface area contributed by atoms with Gasteiger partial charge >= 0.3 is 0 Å². The van der Waals surface area contributed by atoms with E-state index in [0.29, 0.717) is 6.54 Å². The van der Waals surface area contributed by atoms with Crippen LogP contribution in [0.4, 0.5) is 0 Å². The Morgan fingerprint density at radius 2 is 2.18 bits per heavy atom. The number of nitrogens with two attached hydrogens (primary N) is 1. The van der Waals surface area contributed by atoms with Crippen LogP contribution in [0.5, 0.6) is 0 Å². The molecular formula is C12H16N2O2S. The molecule has 3 N–H and O–H groups in total. The van der Waals surface area contributed by atoms with Crippen LogP contribution in [0.1, 0.15) is 18.1 Å². The molecule has 92 valence electrons. The van der Waals surface area contributed by atoms with Crippen LogP contribution in [0.3, 0.4) is 0 Å². The number of rotatable bonds is 4. The summed E-state index contributed by atoms with van der Waals surface area (Å²) in [4.78, 5) is 0. The van der Waals surface area contributed by atoms with Crippen molar-refractivity contribution in [3.05, 3.63) is 35.4 Å². The van der Waals surface area contributed by atoms with Gasteiger partial charge in [0.25, 0.3) is 0 Å². The first-order valence-electron chi connectivity index (χ1n) is 5.32. The molecule has 0 aliphatic carbocycles. The van der Waals surface area contributed by atoms with Gasteiger partial charge in [0.15, 0.2) is 0 Å². The van der Waals surface area contributed by atoms with Crippen molar-refractivity contribution in [2.75, 3.05) is 12.3 Å². The van der Waals surface area contributed by atoms with E-state index in [-0.39, 0.29) is 12.3 Å². The van der Waals surface area contributed by atoms with E-state index in [0.717, 1.165) is 11.1 Å². The smallest absolute Gasteiger partial charge is 0.211 e. The van der Waals surface area contributed by atoms with Crippen LogP contribution in [-0.4, -0.2) is 20.7 Å². The van der Waals surface area contributed by atoms with Crippen molar-refractivity contribution in [3.8, 4) is 11.8 Å².